The molecule has 0 radical (unpaired) electrons. The second kappa shape index (κ2) is 6.42. The van der Waals surface area contributed by atoms with Crippen LogP contribution >= 0.6 is 27.5 Å². The van der Waals surface area contributed by atoms with E-state index in [1.165, 1.54) is 0 Å². The molecule has 2 aromatic rings. The van der Waals surface area contributed by atoms with Crippen LogP contribution in [0.3, 0.4) is 0 Å². The summed E-state index contributed by atoms with van der Waals surface area (Å²) in [7, 11) is 0. The van der Waals surface area contributed by atoms with Gasteiger partial charge in [-0.3, -0.25) is 9.78 Å². The van der Waals surface area contributed by atoms with Crippen molar-refractivity contribution in [3.63, 3.8) is 0 Å². The maximum Gasteiger partial charge on any atom is 0.217 e. The van der Waals surface area contributed by atoms with Gasteiger partial charge in [0.1, 0.15) is 0 Å². The summed E-state index contributed by atoms with van der Waals surface area (Å²) < 4.78 is 0.935. The molecule has 0 saturated carbocycles. The van der Waals surface area contributed by atoms with Crippen molar-refractivity contribution in [1.29, 1.82) is 0 Å². The Kier molecular flexibility index (Phi) is 4.54. The van der Waals surface area contributed by atoms with E-state index in [9.17, 15) is 4.79 Å². The first-order chi connectivity index (χ1) is 10.5. The number of pyridine rings is 1. The number of piperidine rings is 1. The molecule has 0 bridgehead atoms. The molecule has 1 unspecified atom stereocenters. The van der Waals surface area contributed by atoms with Crippen molar-refractivity contribution in [2.45, 2.75) is 19.3 Å². The fourth-order valence-corrected chi connectivity index (χ4v) is 4.03. The number of nitrogens with zero attached hydrogens (tertiary/aromatic N) is 2. The number of fused-ring (bicyclic) bond motifs is 1. The predicted molar refractivity (Wildman–Crippen MR) is 93.2 cm³/mol. The van der Waals surface area contributed by atoms with Gasteiger partial charge in [-0.1, -0.05) is 27.5 Å². The number of benzene rings is 1. The second-order valence-corrected chi connectivity index (χ2v) is 7.06. The number of primary amides is 1. The van der Waals surface area contributed by atoms with Crippen molar-refractivity contribution in [1.82, 2.24) is 4.98 Å². The van der Waals surface area contributed by atoms with E-state index in [-0.39, 0.29) is 5.91 Å². The van der Waals surface area contributed by atoms with Gasteiger partial charge in [-0.05, 0) is 37.0 Å². The van der Waals surface area contributed by atoms with E-state index in [0.717, 1.165) is 47.0 Å². The van der Waals surface area contributed by atoms with Crippen LogP contribution < -0.4 is 10.6 Å². The minimum absolute atomic E-state index is 0.225. The molecule has 1 atom stereocenters. The molecule has 0 spiro atoms. The number of carbonyl (C=O) groups excluding carboxylic acids is 1. The Hall–Kier alpha value is -1.33. The topological polar surface area (TPSA) is 59.2 Å². The van der Waals surface area contributed by atoms with Gasteiger partial charge in [-0.15, -0.1) is 0 Å². The Morgan fingerprint density at radius 3 is 3.09 bits per heavy atom. The minimum atomic E-state index is -0.225. The molecule has 2 heterocycles. The standard InChI is InChI=1S/C16H17BrClN3O/c17-11-7-12-14(3-4-20-16(12)13(18)8-11)21-5-1-2-10(9-21)6-15(19)22/h3-4,7-8,10H,1-2,5-6,9H2,(H2,19,22). The van der Waals surface area contributed by atoms with Crippen molar-refractivity contribution < 1.29 is 4.79 Å². The van der Waals surface area contributed by atoms with Crippen LogP contribution in [-0.2, 0) is 4.79 Å². The van der Waals surface area contributed by atoms with E-state index in [2.05, 4.69) is 25.8 Å². The van der Waals surface area contributed by atoms with Crippen molar-refractivity contribution in [2.75, 3.05) is 18.0 Å². The summed E-state index contributed by atoms with van der Waals surface area (Å²) in [6, 6.07) is 5.91. The highest BCUT2D eigenvalue weighted by Crippen LogP contribution is 2.35. The summed E-state index contributed by atoms with van der Waals surface area (Å²) in [4.78, 5) is 17.9. The number of rotatable bonds is 3. The molecule has 2 N–H and O–H groups in total. The normalized spacial score (nSPS) is 18.6. The van der Waals surface area contributed by atoms with E-state index in [1.807, 2.05) is 18.2 Å². The van der Waals surface area contributed by atoms with Crippen LogP contribution in [0, 0.1) is 5.92 Å². The number of amides is 1. The van der Waals surface area contributed by atoms with Crippen LogP contribution in [0.5, 0.6) is 0 Å². The Balaban J connectivity index is 1.97. The number of hydrogen-bond acceptors (Lipinski definition) is 3. The van der Waals surface area contributed by atoms with Gasteiger partial charge < -0.3 is 10.6 Å². The smallest absolute Gasteiger partial charge is 0.217 e. The van der Waals surface area contributed by atoms with Gasteiger partial charge in [0.25, 0.3) is 0 Å². The van der Waals surface area contributed by atoms with Gasteiger partial charge in [-0.25, -0.2) is 0 Å². The third-order valence-electron chi connectivity index (χ3n) is 4.09. The lowest BCUT2D eigenvalue weighted by atomic mass is 9.94. The molecule has 1 amide bonds. The van der Waals surface area contributed by atoms with Gasteiger partial charge in [-0.2, -0.15) is 0 Å². The third kappa shape index (κ3) is 3.20. The van der Waals surface area contributed by atoms with Crippen molar-refractivity contribution in [3.8, 4) is 0 Å². The van der Waals surface area contributed by atoms with Gasteiger partial charge in [0.05, 0.1) is 10.5 Å². The maximum atomic E-state index is 11.2. The average molecular weight is 383 g/mol. The number of carbonyl (C=O) groups is 1. The van der Waals surface area contributed by atoms with Crippen LogP contribution in [0.25, 0.3) is 10.9 Å². The highest BCUT2D eigenvalue weighted by Gasteiger charge is 2.23. The zero-order valence-electron chi connectivity index (χ0n) is 12.1. The summed E-state index contributed by atoms with van der Waals surface area (Å²) in [5.74, 6) is 0.0920. The minimum Gasteiger partial charge on any atom is -0.371 e. The zero-order valence-corrected chi connectivity index (χ0v) is 14.4. The largest absolute Gasteiger partial charge is 0.371 e. The lowest BCUT2D eigenvalue weighted by molar-refractivity contribution is -0.118. The number of nitrogens with two attached hydrogens (primary N) is 1. The van der Waals surface area contributed by atoms with E-state index >= 15 is 0 Å². The number of halogens is 2. The summed E-state index contributed by atoms with van der Waals surface area (Å²) in [5.41, 5.74) is 7.26. The van der Waals surface area contributed by atoms with E-state index in [1.54, 1.807) is 6.20 Å². The van der Waals surface area contributed by atoms with Crippen molar-refractivity contribution >= 4 is 50.0 Å². The monoisotopic (exact) mass is 381 g/mol. The van der Waals surface area contributed by atoms with Crippen LogP contribution in [0.2, 0.25) is 5.02 Å². The van der Waals surface area contributed by atoms with E-state index in [0.29, 0.717) is 17.4 Å². The molecular formula is C16H17BrClN3O. The Labute approximate surface area is 142 Å². The second-order valence-electron chi connectivity index (χ2n) is 5.74. The van der Waals surface area contributed by atoms with Crippen molar-refractivity contribution in [2.24, 2.45) is 11.7 Å². The third-order valence-corrected chi connectivity index (χ3v) is 4.84. The first-order valence-corrected chi connectivity index (χ1v) is 8.48. The first-order valence-electron chi connectivity index (χ1n) is 7.31. The zero-order chi connectivity index (χ0) is 15.7. The summed E-state index contributed by atoms with van der Waals surface area (Å²) >= 11 is 9.79. The number of hydrogen-bond donors (Lipinski definition) is 1. The fraction of sp³-hybridized carbons (Fsp3) is 0.375. The van der Waals surface area contributed by atoms with Crippen LogP contribution in [0.4, 0.5) is 5.69 Å². The van der Waals surface area contributed by atoms with Crippen molar-refractivity contribution in [3.05, 3.63) is 33.9 Å². The molecule has 0 aliphatic carbocycles. The SMILES string of the molecule is NC(=O)CC1CCCN(c2ccnc3c(Cl)cc(Br)cc23)C1. The quantitative estimate of drug-likeness (QED) is 0.879. The molecule has 3 rings (SSSR count). The molecule has 22 heavy (non-hydrogen) atoms. The number of aromatic nitrogens is 1. The van der Waals surface area contributed by atoms with Crippen LogP contribution in [-0.4, -0.2) is 24.0 Å². The fourth-order valence-electron chi connectivity index (χ4n) is 3.18. The number of anilines is 1. The predicted octanol–water partition coefficient (Wildman–Crippen LogP) is 3.74. The Morgan fingerprint density at radius 1 is 1.50 bits per heavy atom. The van der Waals surface area contributed by atoms with Crippen LogP contribution in [0.1, 0.15) is 19.3 Å². The highest BCUT2D eigenvalue weighted by atomic mass is 79.9. The molecule has 1 fully saturated rings. The van der Waals surface area contributed by atoms with E-state index < -0.39 is 0 Å². The van der Waals surface area contributed by atoms with Gasteiger partial charge >= 0.3 is 0 Å². The molecule has 4 nitrogen and oxygen atoms in total. The molecule has 1 aliphatic heterocycles. The van der Waals surface area contributed by atoms with E-state index in [4.69, 9.17) is 17.3 Å². The van der Waals surface area contributed by atoms with Crippen LogP contribution in [0.15, 0.2) is 28.9 Å². The molecule has 1 aromatic heterocycles. The molecule has 1 aromatic carbocycles. The average Bonchev–Trinajstić information content (AvgIpc) is 2.46. The molecule has 6 heteroatoms. The Bertz CT molecular complexity index is 722. The Morgan fingerprint density at radius 2 is 2.32 bits per heavy atom. The lowest BCUT2D eigenvalue weighted by Crippen LogP contribution is -2.37. The molecular weight excluding hydrogens is 366 g/mol. The maximum absolute atomic E-state index is 11.2. The molecule has 116 valence electrons. The highest BCUT2D eigenvalue weighted by molar-refractivity contribution is 9.10. The lowest BCUT2D eigenvalue weighted by Gasteiger charge is -2.34. The summed E-state index contributed by atoms with van der Waals surface area (Å²) in [6.07, 6.45) is 4.34. The van der Waals surface area contributed by atoms with Gasteiger partial charge in [0, 0.05) is 41.3 Å². The summed E-state index contributed by atoms with van der Waals surface area (Å²) in [5, 5.41) is 1.67. The first kappa shape index (κ1) is 15.6. The van der Waals surface area contributed by atoms with Gasteiger partial charge in [0.15, 0.2) is 0 Å². The summed E-state index contributed by atoms with van der Waals surface area (Å²) in [6.45, 7) is 1.81. The molecule has 1 saturated heterocycles. The van der Waals surface area contributed by atoms with Gasteiger partial charge in [0.2, 0.25) is 5.91 Å². The molecule has 1 aliphatic rings.